The molecule has 3 aromatic carbocycles. The number of fused-ring (bicyclic) bond motifs is 3. The zero-order chi connectivity index (χ0) is 22.8. The van der Waals surface area contributed by atoms with Gasteiger partial charge in [0, 0.05) is 18.7 Å². The molecular weight excluding hydrogens is 418 g/mol. The lowest BCUT2D eigenvalue weighted by molar-refractivity contribution is 0.0949. The summed E-state index contributed by atoms with van der Waals surface area (Å²) in [6.45, 7) is 1.98. The van der Waals surface area contributed by atoms with Gasteiger partial charge in [-0.2, -0.15) is 0 Å². The fourth-order valence-corrected chi connectivity index (χ4v) is 4.15. The Hall–Kier alpha value is -3.77. The standard InChI is InChI=1S/C27H25NO5/c1-30-20-9-7-18(8-10-20)13-14-28-16-22-24(32-17-28)12-11-21-26(29)25(33-27(21)22)15-19-5-3-4-6-23(19)31-2/h3-12,15H,13-14,16-17H2,1-2H3/b25-15-. The van der Waals surface area contributed by atoms with E-state index < -0.39 is 0 Å². The number of carbonyl (C=O) groups is 1. The van der Waals surface area contributed by atoms with Gasteiger partial charge in [-0.25, -0.2) is 0 Å². The summed E-state index contributed by atoms with van der Waals surface area (Å²) >= 11 is 0. The molecule has 0 radical (unpaired) electrons. The second-order valence-electron chi connectivity index (χ2n) is 8.02. The van der Waals surface area contributed by atoms with Crippen LogP contribution < -0.4 is 18.9 Å². The summed E-state index contributed by atoms with van der Waals surface area (Å²) in [7, 11) is 3.28. The molecule has 0 bridgehead atoms. The minimum atomic E-state index is -0.130. The minimum Gasteiger partial charge on any atom is -0.497 e. The number of methoxy groups -OCH3 is 2. The van der Waals surface area contributed by atoms with Gasteiger partial charge in [0.1, 0.15) is 29.7 Å². The van der Waals surface area contributed by atoms with Crippen LogP contribution in [0.1, 0.15) is 27.0 Å². The van der Waals surface area contributed by atoms with Crippen LogP contribution in [0.2, 0.25) is 0 Å². The van der Waals surface area contributed by atoms with Gasteiger partial charge in [0.25, 0.3) is 0 Å². The van der Waals surface area contributed by atoms with E-state index >= 15 is 0 Å². The largest absolute Gasteiger partial charge is 0.497 e. The number of nitrogens with zero attached hydrogens (tertiary/aromatic N) is 1. The zero-order valence-corrected chi connectivity index (χ0v) is 18.7. The van der Waals surface area contributed by atoms with E-state index in [9.17, 15) is 4.79 Å². The zero-order valence-electron chi connectivity index (χ0n) is 18.7. The maximum Gasteiger partial charge on any atom is 0.231 e. The van der Waals surface area contributed by atoms with Crippen LogP contribution in [0.15, 0.2) is 66.4 Å². The van der Waals surface area contributed by atoms with E-state index in [-0.39, 0.29) is 5.78 Å². The monoisotopic (exact) mass is 443 g/mol. The van der Waals surface area contributed by atoms with Crippen molar-refractivity contribution in [3.05, 3.63) is 88.7 Å². The lowest BCUT2D eigenvalue weighted by Gasteiger charge is -2.29. The van der Waals surface area contributed by atoms with Gasteiger partial charge in [0.05, 0.1) is 25.3 Å². The van der Waals surface area contributed by atoms with Gasteiger partial charge in [-0.3, -0.25) is 9.69 Å². The van der Waals surface area contributed by atoms with E-state index in [1.165, 1.54) is 5.56 Å². The van der Waals surface area contributed by atoms with Crippen LogP contribution in [-0.4, -0.2) is 38.2 Å². The van der Waals surface area contributed by atoms with Gasteiger partial charge < -0.3 is 18.9 Å². The molecule has 0 saturated carbocycles. The predicted octanol–water partition coefficient (Wildman–Crippen LogP) is 4.71. The molecule has 6 heteroatoms. The van der Waals surface area contributed by atoms with E-state index in [4.69, 9.17) is 18.9 Å². The fraction of sp³-hybridized carbons (Fsp3) is 0.222. The molecule has 5 rings (SSSR count). The van der Waals surface area contributed by atoms with Crippen LogP contribution in [0.3, 0.4) is 0 Å². The Balaban J connectivity index is 1.34. The lowest BCUT2D eigenvalue weighted by atomic mass is 10.0. The number of allylic oxidation sites excluding steroid dienone is 1. The molecule has 0 spiro atoms. The molecule has 2 heterocycles. The highest BCUT2D eigenvalue weighted by Crippen LogP contribution is 2.42. The summed E-state index contributed by atoms with van der Waals surface area (Å²) in [5, 5.41) is 0. The number of carbonyl (C=O) groups excluding carboxylic acids is 1. The Kier molecular flexibility index (Phi) is 5.75. The number of hydrogen-bond donors (Lipinski definition) is 0. The van der Waals surface area contributed by atoms with Crippen molar-refractivity contribution in [2.24, 2.45) is 0 Å². The van der Waals surface area contributed by atoms with Gasteiger partial charge in [0.15, 0.2) is 5.76 Å². The Morgan fingerprint density at radius 2 is 1.82 bits per heavy atom. The lowest BCUT2D eigenvalue weighted by Crippen LogP contribution is -2.33. The summed E-state index contributed by atoms with van der Waals surface area (Å²) in [4.78, 5) is 15.2. The van der Waals surface area contributed by atoms with Crippen molar-refractivity contribution in [3.8, 4) is 23.0 Å². The molecule has 0 aromatic heterocycles. The Bertz CT molecular complexity index is 1220. The Labute approximate surface area is 193 Å². The van der Waals surface area contributed by atoms with Crippen LogP contribution in [0, 0.1) is 0 Å². The van der Waals surface area contributed by atoms with Gasteiger partial charge in [-0.15, -0.1) is 0 Å². The van der Waals surface area contributed by atoms with Gasteiger partial charge in [0.2, 0.25) is 5.78 Å². The summed E-state index contributed by atoms with van der Waals surface area (Å²) in [6, 6.07) is 19.3. The van der Waals surface area contributed by atoms with E-state index in [0.29, 0.717) is 36.1 Å². The third-order valence-corrected chi connectivity index (χ3v) is 5.98. The first-order valence-corrected chi connectivity index (χ1v) is 10.9. The number of rotatable bonds is 6. The molecule has 3 aromatic rings. The van der Waals surface area contributed by atoms with Gasteiger partial charge >= 0.3 is 0 Å². The smallest absolute Gasteiger partial charge is 0.231 e. The third-order valence-electron chi connectivity index (χ3n) is 5.98. The number of Topliss-reactive ketones (excluding diaryl/α,β-unsaturated/α-hetero) is 1. The van der Waals surface area contributed by atoms with Crippen LogP contribution in [0.25, 0.3) is 6.08 Å². The van der Waals surface area contributed by atoms with Crippen molar-refractivity contribution in [3.63, 3.8) is 0 Å². The quantitative estimate of drug-likeness (QED) is 0.514. The van der Waals surface area contributed by atoms with Crippen molar-refractivity contribution in [2.75, 3.05) is 27.5 Å². The molecule has 2 aliphatic rings. The molecule has 0 saturated heterocycles. The van der Waals surface area contributed by atoms with Crippen LogP contribution in [0.5, 0.6) is 23.0 Å². The molecule has 6 nitrogen and oxygen atoms in total. The SMILES string of the molecule is COc1ccc(CCN2COc3ccc4c(c3C2)O/C(=C\c2ccccc2OC)C4=O)cc1. The van der Waals surface area contributed by atoms with Crippen LogP contribution >= 0.6 is 0 Å². The molecule has 33 heavy (non-hydrogen) atoms. The number of benzene rings is 3. The van der Waals surface area contributed by atoms with E-state index in [1.54, 1.807) is 26.4 Å². The number of hydrogen-bond acceptors (Lipinski definition) is 6. The Morgan fingerprint density at radius 1 is 1.00 bits per heavy atom. The third kappa shape index (κ3) is 4.17. The first-order chi connectivity index (χ1) is 16.2. The van der Waals surface area contributed by atoms with Crippen LogP contribution in [0.4, 0.5) is 0 Å². The number of ketones is 1. The highest BCUT2D eigenvalue weighted by Gasteiger charge is 2.33. The average Bonchev–Trinajstić information content (AvgIpc) is 3.18. The van der Waals surface area contributed by atoms with Crippen molar-refractivity contribution in [1.29, 1.82) is 0 Å². The first kappa shape index (κ1) is 21.1. The Morgan fingerprint density at radius 3 is 2.61 bits per heavy atom. The predicted molar refractivity (Wildman–Crippen MR) is 125 cm³/mol. The first-order valence-electron chi connectivity index (χ1n) is 10.9. The summed E-state index contributed by atoms with van der Waals surface area (Å²) in [5.74, 6) is 3.05. The normalized spacial score (nSPS) is 16.1. The molecule has 168 valence electrons. The van der Waals surface area contributed by atoms with Crippen molar-refractivity contribution < 1.29 is 23.7 Å². The molecule has 0 unspecified atom stereocenters. The number of ether oxygens (including phenoxy) is 4. The van der Waals surface area contributed by atoms with E-state index in [2.05, 4.69) is 17.0 Å². The summed E-state index contributed by atoms with van der Waals surface area (Å²) in [6.07, 6.45) is 2.62. The summed E-state index contributed by atoms with van der Waals surface area (Å²) in [5.41, 5.74) is 3.50. The maximum absolute atomic E-state index is 13.0. The fourth-order valence-electron chi connectivity index (χ4n) is 4.15. The topological polar surface area (TPSA) is 57.2 Å². The minimum absolute atomic E-state index is 0.130. The molecular formula is C27H25NO5. The van der Waals surface area contributed by atoms with E-state index in [1.807, 2.05) is 42.5 Å². The molecule has 0 aliphatic carbocycles. The molecule has 0 amide bonds. The van der Waals surface area contributed by atoms with Crippen LogP contribution in [-0.2, 0) is 13.0 Å². The molecule has 2 aliphatic heterocycles. The van der Waals surface area contributed by atoms with Crippen molar-refractivity contribution in [2.45, 2.75) is 13.0 Å². The van der Waals surface area contributed by atoms with Gasteiger partial charge in [-0.05, 0) is 48.4 Å². The molecule has 0 fully saturated rings. The molecule has 0 atom stereocenters. The average molecular weight is 443 g/mol. The van der Waals surface area contributed by atoms with E-state index in [0.717, 1.165) is 35.6 Å². The molecule has 0 N–H and O–H groups in total. The van der Waals surface area contributed by atoms with Gasteiger partial charge in [-0.1, -0.05) is 30.3 Å². The highest BCUT2D eigenvalue weighted by atomic mass is 16.5. The highest BCUT2D eigenvalue weighted by molar-refractivity contribution is 6.15. The second kappa shape index (κ2) is 9.00. The van der Waals surface area contributed by atoms with Crippen molar-refractivity contribution in [1.82, 2.24) is 4.90 Å². The number of para-hydroxylation sites is 1. The van der Waals surface area contributed by atoms with Crippen molar-refractivity contribution >= 4 is 11.9 Å². The summed E-state index contributed by atoms with van der Waals surface area (Å²) < 4.78 is 22.7. The second-order valence-corrected chi connectivity index (χ2v) is 8.02. The maximum atomic E-state index is 13.0.